The predicted octanol–water partition coefficient (Wildman–Crippen LogP) is 2.44. The average Bonchev–Trinajstić information content (AvgIpc) is 2.67. The summed E-state index contributed by atoms with van der Waals surface area (Å²) in [5.74, 6) is 0. The third kappa shape index (κ3) is 7.77. The van der Waals surface area contributed by atoms with E-state index in [1.165, 1.54) is 0 Å². The molecule has 0 bridgehead atoms. The van der Waals surface area contributed by atoms with Gasteiger partial charge in [-0.25, -0.2) is 0 Å². The van der Waals surface area contributed by atoms with Crippen LogP contribution in [0.1, 0.15) is 23.2 Å². The number of ether oxygens (including phenoxy) is 3. The molecule has 0 heterocycles. The Morgan fingerprint density at radius 1 is 0.560 bits per heavy atom. The van der Waals surface area contributed by atoms with E-state index in [-0.39, 0.29) is 12.1 Å². The number of nitrogens with two attached hydrogens (primary N) is 2. The summed E-state index contributed by atoms with van der Waals surface area (Å²) in [4.78, 5) is 0. The van der Waals surface area contributed by atoms with Gasteiger partial charge in [-0.1, -0.05) is 60.7 Å². The molecular weight excluding hydrogens is 316 g/mol. The van der Waals surface area contributed by atoms with Crippen LogP contribution < -0.4 is 11.5 Å². The normalized spacial score (nSPS) is 13.5. The fourth-order valence-electron chi connectivity index (χ4n) is 2.35. The predicted molar refractivity (Wildman–Crippen MR) is 99.2 cm³/mol. The van der Waals surface area contributed by atoms with Gasteiger partial charge in [-0.3, -0.25) is 0 Å². The first-order chi connectivity index (χ1) is 12.3. The third-order valence-electron chi connectivity index (χ3n) is 3.79. The van der Waals surface area contributed by atoms with Gasteiger partial charge in [0.1, 0.15) is 0 Å². The standard InChI is InChI=1S/C20H28N2O3/c21-19(17-7-3-1-4-8-17)15-24-13-11-23-12-14-25-16-20(22)18-9-5-2-6-10-18/h1-10,19-20H,11-16,21-22H2. The molecule has 4 N–H and O–H groups in total. The van der Waals surface area contributed by atoms with Crippen molar-refractivity contribution in [3.8, 4) is 0 Å². The molecule has 0 aromatic heterocycles. The molecule has 0 saturated carbocycles. The zero-order valence-electron chi connectivity index (χ0n) is 14.6. The van der Waals surface area contributed by atoms with E-state index in [2.05, 4.69) is 0 Å². The lowest BCUT2D eigenvalue weighted by Gasteiger charge is -2.13. The summed E-state index contributed by atoms with van der Waals surface area (Å²) < 4.78 is 16.6. The Kier molecular flexibility index (Phi) is 9.18. The fraction of sp³-hybridized carbons (Fsp3) is 0.400. The SMILES string of the molecule is NC(COCCOCCOCC(N)c1ccccc1)c1ccccc1. The van der Waals surface area contributed by atoms with Gasteiger partial charge < -0.3 is 25.7 Å². The Labute approximate surface area is 149 Å². The van der Waals surface area contributed by atoms with Gasteiger partial charge in [0.25, 0.3) is 0 Å². The molecule has 2 atom stereocenters. The summed E-state index contributed by atoms with van der Waals surface area (Å²) in [6.07, 6.45) is 0. The maximum absolute atomic E-state index is 6.05. The summed E-state index contributed by atoms with van der Waals surface area (Å²) in [5, 5.41) is 0. The van der Waals surface area contributed by atoms with Gasteiger partial charge in [0.15, 0.2) is 0 Å². The highest BCUT2D eigenvalue weighted by Crippen LogP contribution is 2.10. The minimum absolute atomic E-state index is 0.107. The van der Waals surface area contributed by atoms with Crippen LogP contribution in [0.15, 0.2) is 60.7 Å². The molecule has 0 spiro atoms. The van der Waals surface area contributed by atoms with Crippen molar-refractivity contribution in [2.45, 2.75) is 12.1 Å². The summed E-state index contributed by atoms with van der Waals surface area (Å²) in [7, 11) is 0. The molecule has 2 aromatic rings. The molecule has 0 fully saturated rings. The first-order valence-corrected chi connectivity index (χ1v) is 8.61. The molecule has 0 radical (unpaired) electrons. The van der Waals surface area contributed by atoms with Crippen LogP contribution >= 0.6 is 0 Å². The van der Waals surface area contributed by atoms with E-state index >= 15 is 0 Å². The molecule has 0 saturated heterocycles. The molecular formula is C20H28N2O3. The average molecular weight is 344 g/mol. The Morgan fingerprint density at radius 3 is 1.32 bits per heavy atom. The quantitative estimate of drug-likeness (QED) is 0.578. The molecule has 0 aliphatic carbocycles. The van der Waals surface area contributed by atoms with Crippen LogP contribution in [0.3, 0.4) is 0 Å². The Morgan fingerprint density at radius 2 is 0.920 bits per heavy atom. The maximum atomic E-state index is 6.05. The van der Waals surface area contributed by atoms with Crippen LogP contribution in [0.5, 0.6) is 0 Å². The topological polar surface area (TPSA) is 79.7 Å². The van der Waals surface area contributed by atoms with Gasteiger partial charge in [0, 0.05) is 0 Å². The monoisotopic (exact) mass is 344 g/mol. The van der Waals surface area contributed by atoms with Crippen molar-refractivity contribution in [2.24, 2.45) is 11.5 Å². The lowest BCUT2D eigenvalue weighted by molar-refractivity contribution is 0.00967. The second-order valence-electron chi connectivity index (χ2n) is 5.80. The molecule has 0 amide bonds. The smallest absolute Gasteiger partial charge is 0.0701 e. The lowest BCUT2D eigenvalue weighted by atomic mass is 10.1. The van der Waals surface area contributed by atoms with Crippen molar-refractivity contribution in [2.75, 3.05) is 39.6 Å². The number of rotatable bonds is 12. The van der Waals surface area contributed by atoms with Crippen molar-refractivity contribution < 1.29 is 14.2 Å². The van der Waals surface area contributed by atoms with Gasteiger partial charge in [-0.2, -0.15) is 0 Å². The number of hydrogen-bond donors (Lipinski definition) is 2. The molecule has 5 nitrogen and oxygen atoms in total. The zero-order valence-corrected chi connectivity index (χ0v) is 14.6. The summed E-state index contributed by atoms with van der Waals surface area (Å²) in [6, 6.07) is 19.6. The summed E-state index contributed by atoms with van der Waals surface area (Å²) in [6.45, 7) is 3.05. The summed E-state index contributed by atoms with van der Waals surface area (Å²) in [5.41, 5.74) is 14.3. The molecule has 0 aliphatic rings. The van der Waals surface area contributed by atoms with Gasteiger partial charge in [0.05, 0.1) is 51.7 Å². The fourth-order valence-corrected chi connectivity index (χ4v) is 2.35. The van der Waals surface area contributed by atoms with Crippen LogP contribution in [0, 0.1) is 0 Å². The lowest BCUT2D eigenvalue weighted by Crippen LogP contribution is -2.20. The molecule has 2 rings (SSSR count). The van der Waals surface area contributed by atoms with Gasteiger partial charge in [0.2, 0.25) is 0 Å². The van der Waals surface area contributed by atoms with Crippen LogP contribution in [-0.2, 0) is 14.2 Å². The van der Waals surface area contributed by atoms with E-state index in [9.17, 15) is 0 Å². The highest BCUT2D eigenvalue weighted by atomic mass is 16.5. The molecule has 136 valence electrons. The maximum Gasteiger partial charge on any atom is 0.0701 e. The third-order valence-corrected chi connectivity index (χ3v) is 3.79. The second-order valence-corrected chi connectivity index (χ2v) is 5.80. The van der Waals surface area contributed by atoms with E-state index in [0.29, 0.717) is 39.6 Å². The van der Waals surface area contributed by atoms with E-state index < -0.39 is 0 Å². The van der Waals surface area contributed by atoms with E-state index in [0.717, 1.165) is 11.1 Å². The highest BCUT2D eigenvalue weighted by Gasteiger charge is 2.06. The minimum Gasteiger partial charge on any atom is -0.377 e. The van der Waals surface area contributed by atoms with E-state index in [1.54, 1.807) is 0 Å². The Balaban J connectivity index is 1.43. The molecule has 2 aromatic carbocycles. The van der Waals surface area contributed by atoms with E-state index in [4.69, 9.17) is 25.7 Å². The first kappa shape index (κ1) is 19.6. The molecule has 2 unspecified atom stereocenters. The number of hydrogen-bond acceptors (Lipinski definition) is 5. The number of benzene rings is 2. The van der Waals surface area contributed by atoms with Crippen LogP contribution in [-0.4, -0.2) is 39.6 Å². The van der Waals surface area contributed by atoms with Gasteiger partial charge >= 0.3 is 0 Å². The van der Waals surface area contributed by atoms with Crippen molar-refractivity contribution >= 4 is 0 Å². The Hall–Kier alpha value is -1.76. The second kappa shape index (κ2) is 11.7. The van der Waals surface area contributed by atoms with Crippen LogP contribution in [0.2, 0.25) is 0 Å². The van der Waals surface area contributed by atoms with Crippen molar-refractivity contribution in [1.29, 1.82) is 0 Å². The first-order valence-electron chi connectivity index (χ1n) is 8.61. The van der Waals surface area contributed by atoms with Crippen molar-refractivity contribution in [3.63, 3.8) is 0 Å². The summed E-state index contributed by atoms with van der Waals surface area (Å²) >= 11 is 0. The highest BCUT2D eigenvalue weighted by molar-refractivity contribution is 5.19. The van der Waals surface area contributed by atoms with E-state index in [1.807, 2.05) is 60.7 Å². The minimum atomic E-state index is -0.107. The molecule has 5 heteroatoms. The van der Waals surface area contributed by atoms with Gasteiger partial charge in [-0.05, 0) is 11.1 Å². The molecule has 25 heavy (non-hydrogen) atoms. The zero-order chi connectivity index (χ0) is 17.7. The van der Waals surface area contributed by atoms with Crippen LogP contribution in [0.25, 0.3) is 0 Å². The van der Waals surface area contributed by atoms with Crippen molar-refractivity contribution in [1.82, 2.24) is 0 Å². The van der Waals surface area contributed by atoms with Gasteiger partial charge in [-0.15, -0.1) is 0 Å². The largest absolute Gasteiger partial charge is 0.377 e. The molecule has 0 aliphatic heterocycles. The van der Waals surface area contributed by atoms with Crippen molar-refractivity contribution in [3.05, 3.63) is 71.8 Å². The Bertz CT molecular complexity index is 514. The van der Waals surface area contributed by atoms with Crippen LogP contribution in [0.4, 0.5) is 0 Å².